The highest BCUT2D eigenvalue weighted by Crippen LogP contribution is 2.33. The van der Waals surface area contributed by atoms with Crippen molar-refractivity contribution in [3.05, 3.63) is 95.6 Å². The van der Waals surface area contributed by atoms with Gasteiger partial charge in [-0.3, -0.25) is 10.1 Å². The summed E-state index contributed by atoms with van der Waals surface area (Å²) in [6.45, 7) is 0.827. The fourth-order valence-electron chi connectivity index (χ4n) is 3.54. The highest BCUT2D eigenvalue weighted by atomic mass is 16.5. The molecule has 3 aromatic carbocycles. The molecule has 1 aliphatic rings. The number of nitrogens with zero attached hydrogens (tertiary/aromatic N) is 1. The molecular weight excluding hydrogens is 336 g/mol. The van der Waals surface area contributed by atoms with Gasteiger partial charge in [-0.2, -0.15) is 0 Å². The summed E-state index contributed by atoms with van der Waals surface area (Å²) in [5.41, 5.74) is 4.29. The number of hydrogen-bond donors (Lipinski definition) is 1. The summed E-state index contributed by atoms with van der Waals surface area (Å²) in [5, 5.41) is 3.43. The lowest BCUT2D eigenvalue weighted by Gasteiger charge is -2.24. The molecule has 4 heteroatoms. The van der Waals surface area contributed by atoms with Gasteiger partial charge < -0.3 is 9.64 Å². The predicted octanol–water partition coefficient (Wildman–Crippen LogP) is 3.92. The van der Waals surface area contributed by atoms with Crippen LogP contribution in [0.3, 0.4) is 0 Å². The van der Waals surface area contributed by atoms with Crippen molar-refractivity contribution < 1.29 is 9.53 Å². The molecule has 4 nitrogen and oxygen atoms in total. The van der Waals surface area contributed by atoms with E-state index in [-0.39, 0.29) is 11.9 Å². The number of nitrogens with one attached hydrogen (secondary N) is 1. The molecule has 1 aliphatic heterocycles. The van der Waals surface area contributed by atoms with E-state index in [0.29, 0.717) is 13.1 Å². The molecule has 0 aromatic heterocycles. The van der Waals surface area contributed by atoms with E-state index < -0.39 is 0 Å². The molecule has 0 spiro atoms. The van der Waals surface area contributed by atoms with Gasteiger partial charge in [0.1, 0.15) is 5.75 Å². The van der Waals surface area contributed by atoms with E-state index in [9.17, 15) is 4.79 Å². The standard InChI is InChI=1S/C23H22N2O2/c1-27-19-13-11-17(12-14-19)16-25-21-10-6-5-9-20(21)23(24-15-22(25)26)18-7-3-2-4-8-18/h2-14,23-24H,15-16H2,1H3. The van der Waals surface area contributed by atoms with Crippen LogP contribution in [0.25, 0.3) is 0 Å². The maximum atomic E-state index is 12.9. The van der Waals surface area contributed by atoms with Crippen LogP contribution in [0, 0.1) is 0 Å². The Morgan fingerprint density at radius 1 is 0.963 bits per heavy atom. The molecular formula is C23H22N2O2. The second-order valence-corrected chi connectivity index (χ2v) is 6.61. The summed E-state index contributed by atoms with van der Waals surface area (Å²) >= 11 is 0. The van der Waals surface area contributed by atoms with Crippen LogP contribution < -0.4 is 15.0 Å². The summed E-state index contributed by atoms with van der Waals surface area (Å²) in [5.74, 6) is 0.879. The van der Waals surface area contributed by atoms with Crippen molar-refractivity contribution in [1.29, 1.82) is 0 Å². The SMILES string of the molecule is COc1ccc(CN2C(=O)CNC(c3ccccc3)c3ccccc32)cc1. The third-order valence-corrected chi connectivity index (χ3v) is 4.93. The lowest BCUT2D eigenvalue weighted by molar-refractivity contribution is -0.117. The van der Waals surface area contributed by atoms with Gasteiger partial charge >= 0.3 is 0 Å². The van der Waals surface area contributed by atoms with E-state index in [1.54, 1.807) is 7.11 Å². The lowest BCUT2D eigenvalue weighted by Crippen LogP contribution is -2.35. The molecule has 1 amide bonds. The smallest absolute Gasteiger partial charge is 0.241 e. The van der Waals surface area contributed by atoms with Crippen LogP contribution in [0.4, 0.5) is 5.69 Å². The van der Waals surface area contributed by atoms with Gasteiger partial charge in [-0.15, -0.1) is 0 Å². The zero-order valence-electron chi connectivity index (χ0n) is 15.3. The van der Waals surface area contributed by atoms with E-state index >= 15 is 0 Å². The Morgan fingerprint density at radius 3 is 2.41 bits per heavy atom. The number of amides is 1. The molecule has 3 aromatic rings. The zero-order chi connectivity index (χ0) is 18.6. The third kappa shape index (κ3) is 3.57. The number of ether oxygens (including phenoxy) is 1. The molecule has 0 fully saturated rings. The van der Waals surface area contributed by atoms with Crippen LogP contribution in [-0.4, -0.2) is 19.6 Å². The molecule has 4 rings (SSSR count). The predicted molar refractivity (Wildman–Crippen MR) is 107 cm³/mol. The highest BCUT2D eigenvalue weighted by Gasteiger charge is 2.28. The Kier molecular flexibility index (Phi) is 4.90. The zero-order valence-corrected chi connectivity index (χ0v) is 15.3. The second-order valence-electron chi connectivity index (χ2n) is 6.61. The first-order chi connectivity index (χ1) is 13.3. The number of para-hydroxylation sites is 1. The lowest BCUT2D eigenvalue weighted by atomic mass is 9.97. The number of fused-ring (bicyclic) bond motifs is 1. The number of methoxy groups -OCH3 is 1. The quantitative estimate of drug-likeness (QED) is 0.769. The Morgan fingerprint density at radius 2 is 1.67 bits per heavy atom. The third-order valence-electron chi connectivity index (χ3n) is 4.93. The van der Waals surface area contributed by atoms with Gasteiger partial charge in [-0.1, -0.05) is 60.7 Å². The molecule has 0 saturated heterocycles. The minimum atomic E-state index is -0.00721. The Balaban J connectivity index is 1.71. The Labute approximate surface area is 159 Å². The fourth-order valence-corrected chi connectivity index (χ4v) is 3.54. The summed E-state index contributed by atoms with van der Waals surface area (Å²) in [6, 6.07) is 26.2. The normalized spacial score (nSPS) is 16.6. The average Bonchev–Trinajstić information content (AvgIpc) is 2.86. The molecule has 1 atom stereocenters. The van der Waals surface area contributed by atoms with Crippen molar-refractivity contribution in [2.45, 2.75) is 12.6 Å². The maximum absolute atomic E-state index is 12.9. The summed E-state index contributed by atoms with van der Waals surface area (Å²) in [6.07, 6.45) is 0. The Bertz CT molecular complexity index is 923. The van der Waals surface area contributed by atoms with Gasteiger partial charge in [0.15, 0.2) is 0 Å². The van der Waals surface area contributed by atoms with E-state index in [1.165, 1.54) is 0 Å². The van der Waals surface area contributed by atoms with Gasteiger partial charge in [0, 0.05) is 5.69 Å². The van der Waals surface area contributed by atoms with Crippen molar-refractivity contribution in [2.24, 2.45) is 0 Å². The number of hydrogen-bond acceptors (Lipinski definition) is 3. The van der Waals surface area contributed by atoms with Gasteiger partial charge in [-0.05, 0) is 34.9 Å². The monoisotopic (exact) mass is 358 g/mol. The second kappa shape index (κ2) is 7.64. The van der Waals surface area contributed by atoms with Gasteiger partial charge in [-0.25, -0.2) is 0 Å². The summed E-state index contributed by atoms with van der Waals surface area (Å²) in [7, 11) is 1.65. The largest absolute Gasteiger partial charge is 0.497 e. The van der Waals surface area contributed by atoms with Gasteiger partial charge in [0.05, 0.1) is 26.2 Å². The molecule has 1 unspecified atom stereocenters. The average molecular weight is 358 g/mol. The van der Waals surface area contributed by atoms with Crippen LogP contribution in [0.2, 0.25) is 0 Å². The van der Waals surface area contributed by atoms with E-state index in [2.05, 4.69) is 23.5 Å². The molecule has 0 aliphatic carbocycles. The van der Waals surface area contributed by atoms with Gasteiger partial charge in [0.2, 0.25) is 5.91 Å². The van der Waals surface area contributed by atoms with E-state index in [4.69, 9.17) is 4.74 Å². The summed E-state index contributed by atoms with van der Waals surface area (Å²) in [4.78, 5) is 14.8. The Hall–Kier alpha value is -3.11. The van der Waals surface area contributed by atoms with Gasteiger partial charge in [0.25, 0.3) is 0 Å². The van der Waals surface area contributed by atoms with E-state index in [1.807, 2.05) is 65.6 Å². The number of carbonyl (C=O) groups is 1. The minimum Gasteiger partial charge on any atom is -0.497 e. The molecule has 0 bridgehead atoms. The highest BCUT2D eigenvalue weighted by molar-refractivity contribution is 5.96. The number of benzene rings is 3. The minimum absolute atomic E-state index is 0.00721. The number of carbonyl (C=O) groups excluding carboxylic acids is 1. The first-order valence-corrected chi connectivity index (χ1v) is 9.07. The number of rotatable bonds is 4. The summed E-state index contributed by atoms with van der Waals surface area (Å²) < 4.78 is 5.23. The van der Waals surface area contributed by atoms with Crippen LogP contribution >= 0.6 is 0 Å². The van der Waals surface area contributed by atoms with Crippen molar-refractivity contribution in [1.82, 2.24) is 5.32 Å². The van der Waals surface area contributed by atoms with E-state index in [0.717, 1.165) is 28.1 Å². The van der Waals surface area contributed by atoms with Crippen LogP contribution in [0.1, 0.15) is 22.7 Å². The van der Waals surface area contributed by atoms with Crippen LogP contribution in [0.5, 0.6) is 5.75 Å². The van der Waals surface area contributed by atoms with Crippen molar-refractivity contribution >= 4 is 11.6 Å². The fraction of sp³-hybridized carbons (Fsp3) is 0.174. The van der Waals surface area contributed by atoms with Crippen molar-refractivity contribution in [3.63, 3.8) is 0 Å². The molecule has 0 saturated carbocycles. The van der Waals surface area contributed by atoms with Crippen molar-refractivity contribution in [2.75, 3.05) is 18.6 Å². The molecule has 136 valence electrons. The number of anilines is 1. The molecule has 0 radical (unpaired) electrons. The first-order valence-electron chi connectivity index (χ1n) is 9.07. The van der Waals surface area contributed by atoms with Crippen LogP contribution in [0.15, 0.2) is 78.9 Å². The molecule has 1 heterocycles. The first kappa shape index (κ1) is 17.3. The van der Waals surface area contributed by atoms with Crippen molar-refractivity contribution in [3.8, 4) is 5.75 Å². The molecule has 27 heavy (non-hydrogen) atoms. The van der Waals surface area contributed by atoms with Crippen LogP contribution in [-0.2, 0) is 11.3 Å². The maximum Gasteiger partial charge on any atom is 0.241 e. The molecule has 1 N–H and O–H groups in total. The topological polar surface area (TPSA) is 41.6 Å².